The van der Waals surface area contributed by atoms with Crippen LogP contribution in [0.3, 0.4) is 0 Å². The SMILES string of the molecule is COc1ccc(C(CNC(=O)C(Cc2ccccc2)NC(=O)OCc2ccccc2)N(C)C)cc1. The number of amides is 2. The third-order valence-corrected chi connectivity index (χ3v) is 5.70. The summed E-state index contributed by atoms with van der Waals surface area (Å²) in [6.45, 7) is 0.511. The van der Waals surface area contributed by atoms with Gasteiger partial charge in [0.25, 0.3) is 0 Å². The van der Waals surface area contributed by atoms with E-state index in [2.05, 4.69) is 10.6 Å². The number of likely N-dealkylation sites (N-methyl/N-ethyl adjacent to an activating group) is 1. The molecule has 2 unspecified atom stereocenters. The Labute approximate surface area is 207 Å². The maximum atomic E-state index is 13.2. The summed E-state index contributed by atoms with van der Waals surface area (Å²) in [7, 11) is 5.55. The first-order valence-corrected chi connectivity index (χ1v) is 11.6. The van der Waals surface area contributed by atoms with E-state index >= 15 is 0 Å². The number of benzene rings is 3. The van der Waals surface area contributed by atoms with Crippen molar-refractivity contribution in [3.8, 4) is 5.75 Å². The van der Waals surface area contributed by atoms with Gasteiger partial charge in [-0.25, -0.2) is 4.79 Å². The summed E-state index contributed by atoms with van der Waals surface area (Å²) in [4.78, 5) is 27.8. The van der Waals surface area contributed by atoms with Crippen LogP contribution < -0.4 is 15.4 Å². The molecule has 7 nitrogen and oxygen atoms in total. The number of rotatable bonds is 11. The number of carbonyl (C=O) groups is 2. The molecule has 3 rings (SSSR count). The molecule has 2 N–H and O–H groups in total. The van der Waals surface area contributed by atoms with Crippen molar-refractivity contribution < 1.29 is 19.1 Å². The van der Waals surface area contributed by atoms with E-state index in [0.717, 1.165) is 22.4 Å². The van der Waals surface area contributed by atoms with Gasteiger partial charge < -0.3 is 25.0 Å². The van der Waals surface area contributed by atoms with Crippen LogP contribution in [0.5, 0.6) is 5.75 Å². The van der Waals surface area contributed by atoms with Crippen molar-refractivity contribution in [2.24, 2.45) is 0 Å². The van der Waals surface area contributed by atoms with E-state index in [1.165, 1.54) is 0 Å². The third kappa shape index (κ3) is 8.15. The minimum atomic E-state index is -0.778. The Morgan fingerprint density at radius 1 is 0.857 bits per heavy atom. The van der Waals surface area contributed by atoms with E-state index in [1.54, 1.807) is 7.11 Å². The maximum Gasteiger partial charge on any atom is 0.408 e. The number of carbonyl (C=O) groups excluding carboxylic acids is 2. The van der Waals surface area contributed by atoms with Gasteiger partial charge in [-0.05, 0) is 42.9 Å². The van der Waals surface area contributed by atoms with Crippen LogP contribution >= 0.6 is 0 Å². The second-order valence-corrected chi connectivity index (χ2v) is 8.45. The Kier molecular flexibility index (Phi) is 9.69. The largest absolute Gasteiger partial charge is 0.497 e. The van der Waals surface area contributed by atoms with Gasteiger partial charge in [0.2, 0.25) is 5.91 Å². The summed E-state index contributed by atoms with van der Waals surface area (Å²) >= 11 is 0. The first-order valence-electron chi connectivity index (χ1n) is 11.6. The number of alkyl carbamates (subject to hydrolysis) is 1. The number of ether oxygens (including phenoxy) is 2. The molecule has 0 spiro atoms. The van der Waals surface area contributed by atoms with Crippen LogP contribution in [0.25, 0.3) is 0 Å². The molecule has 2 atom stereocenters. The predicted octanol–water partition coefficient (Wildman–Crippen LogP) is 3.95. The van der Waals surface area contributed by atoms with Gasteiger partial charge in [-0.1, -0.05) is 72.8 Å². The fourth-order valence-corrected chi connectivity index (χ4v) is 3.71. The maximum absolute atomic E-state index is 13.2. The lowest BCUT2D eigenvalue weighted by Gasteiger charge is -2.26. The molecule has 0 fully saturated rings. The minimum absolute atomic E-state index is 0.0488. The Hall–Kier alpha value is -3.84. The Morgan fingerprint density at radius 3 is 2.03 bits per heavy atom. The number of hydrogen-bond acceptors (Lipinski definition) is 5. The number of nitrogens with one attached hydrogen (secondary N) is 2. The van der Waals surface area contributed by atoms with E-state index in [1.807, 2.05) is 104 Å². The molecule has 3 aromatic carbocycles. The van der Waals surface area contributed by atoms with Gasteiger partial charge in [0.15, 0.2) is 0 Å². The highest BCUT2D eigenvalue weighted by Crippen LogP contribution is 2.20. The average Bonchev–Trinajstić information content (AvgIpc) is 2.88. The van der Waals surface area contributed by atoms with Crippen molar-refractivity contribution >= 4 is 12.0 Å². The lowest BCUT2D eigenvalue weighted by Crippen LogP contribution is -2.49. The van der Waals surface area contributed by atoms with Crippen LogP contribution in [0.4, 0.5) is 4.79 Å². The molecule has 0 aliphatic carbocycles. The number of nitrogens with zero attached hydrogens (tertiary/aromatic N) is 1. The second-order valence-electron chi connectivity index (χ2n) is 8.45. The molecule has 0 saturated heterocycles. The molecule has 0 saturated carbocycles. The highest BCUT2D eigenvalue weighted by Gasteiger charge is 2.24. The van der Waals surface area contributed by atoms with Gasteiger partial charge in [-0.2, -0.15) is 0 Å². The molecule has 3 aromatic rings. The summed E-state index contributed by atoms with van der Waals surface area (Å²) in [5, 5.41) is 5.75. The van der Waals surface area contributed by atoms with Crippen molar-refractivity contribution in [3.05, 3.63) is 102 Å². The molecule has 35 heavy (non-hydrogen) atoms. The van der Waals surface area contributed by atoms with Gasteiger partial charge in [0.1, 0.15) is 18.4 Å². The normalized spacial score (nSPS) is 12.5. The van der Waals surface area contributed by atoms with E-state index in [9.17, 15) is 9.59 Å². The summed E-state index contributed by atoms with van der Waals surface area (Å²) in [5.41, 5.74) is 2.86. The zero-order valence-corrected chi connectivity index (χ0v) is 20.4. The fraction of sp³-hybridized carbons (Fsp3) is 0.286. The average molecular weight is 476 g/mol. The standard InChI is InChI=1S/C28H33N3O4/c1-31(2)26(23-14-16-24(34-3)17-15-23)19-29-27(32)25(18-21-10-6-4-7-11-21)30-28(33)35-20-22-12-8-5-9-13-22/h4-17,25-26H,18-20H2,1-3H3,(H,29,32)(H,30,33). The molecule has 0 aliphatic heterocycles. The Bertz CT molecular complexity index is 1060. The van der Waals surface area contributed by atoms with Crippen molar-refractivity contribution in [1.82, 2.24) is 15.5 Å². The molecule has 7 heteroatoms. The van der Waals surface area contributed by atoms with Crippen LogP contribution in [0.1, 0.15) is 22.7 Å². The van der Waals surface area contributed by atoms with E-state index < -0.39 is 12.1 Å². The zero-order valence-electron chi connectivity index (χ0n) is 20.4. The van der Waals surface area contributed by atoms with Gasteiger partial charge in [0.05, 0.1) is 13.2 Å². The van der Waals surface area contributed by atoms with Crippen LogP contribution in [0.2, 0.25) is 0 Å². The fourth-order valence-electron chi connectivity index (χ4n) is 3.71. The van der Waals surface area contributed by atoms with Crippen molar-refractivity contribution in [1.29, 1.82) is 0 Å². The molecule has 0 bridgehead atoms. The van der Waals surface area contributed by atoms with E-state index in [0.29, 0.717) is 13.0 Å². The highest BCUT2D eigenvalue weighted by molar-refractivity contribution is 5.86. The third-order valence-electron chi connectivity index (χ3n) is 5.70. The molecule has 0 heterocycles. The lowest BCUT2D eigenvalue weighted by molar-refractivity contribution is -0.123. The summed E-state index contributed by atoms with van der Waals surface area (Å²) in [6, 6.07) is 25.9. The number of hydrogen-bond donors (Lipinski definition) is 2. The smallest absolute Gasteiger partial charge is 0.408 e. The number of methoxy groups -OCH3 is 1. The van der Waals surface area contributed by atoms with Gasteiger partial charge in [0, 0.05) is 13.0 Å². The lowest BCUT2D eigenvalue weighted by atomic mass is 10.0. The monoisotopic (exact) mass is 475 g/mol. The van der Waals surface area contributed by atoms with Crippen molar-refractivity contribution in [2.75, 3.05) is 27.7 Å². The molecular formula is C28H33N3O4. The molecule has 0 aliphatic rings. The van der Waals surface area contributed by atoms with Gasteiger partial charge >= 0.3 is 6.09 Å². The first kappa shape index (κ1) is 25.8. The van der Waals surface area contributed by atoms with Crippen molar-refractivity contribution in [2.45, 2.75) is 25.1 Å². The highest BCUT2D eigenvalue weighted by atomic mass is 16.5. The topological polar surface area (TPSA) is 79.9 Å². The van der Waals surface area contributed by atoms with Crippen molar-refractivity contribution in [3.63, 3.8) is 0 Å². The van der Waals surface area contributed by atoms with E-state index in [4.69, 9.17) is 9.47 Å². The van der Waals surface area contributed by atoms with Crippen LogP contribution in [-0.2, 0) is 22.6 Å². The van der Waals surface area contributed by atoms with Crippen LogP contribution in [-0.4, -0.2) is 50.7 Å². The Morgan fingerprint density at radius 2 is 1.46 bits per heavy atom. The predicted molar refractivity (Wildman–Crippen MR) is 136 cm³/mol. The Balaban J connectivity index is 1.65. The quantitative estimate of drug-likeness (QED) is 0.439. The molecule has 2 amide bonds. The van der Waals surface area contributed by atoms with Gasteiger partial charge in [-0.15, -0.1) is 0 Å². The molecule has 0 radical (unpaired) electrons. The summed E-state index contributed by atoms with van der Waals surface area (Å²) < 4.78 is 10.6. The molecule has 0 aromatic heterocycles. The minimum Gasteiger partial charge on any atom is -0.497 e. The summed E-state index contributed by atoms with van der Waals surface area (Å²) in [5.74, 6) is 0.502. The van der Waals surface area contributed by atoms with Crippen LogP contribution in [0.15, 0.2) is 84.9 Å². The molecular weight excluding hydrogens is 442 g/mol. The zero-order chi connectivity index (χ0) is 25.0. The van der Waals surface area contributed by atoms with Gasteiger partial charge in [-0.3, -0.25) is 4.79 Å². The second kappa shape index (κ2) is 13.2. The molecule has 184 valence electrons. The van der Waals surface area contributed by atoms with Crippen LogP contribution in [0, 0.1) is 0 Å². The van der Waals surface area contributed by atoms with E-state index in [-0.39, 0.29) is 18.6 Å². The summed E-state index contributed by atoms with van der Waals surface area (Å²) in [6.07, 6.45) is -0.285. The first-order chi connectivity index (χ1) is 17.0.